The molecule has 384 valence electrons. The first-order chi connectivity index (χ1) is 32.0. The molecule has 0 saturated carbocycles. The molecule has 0 saturated heterocycles. The van der Waals surface area contributed by atoms with Crippen LogP contribution in [0.2, 0.25) is 0 Å². The molecule has 2 atom stereocenters. The second kappa shape index (κ2) is 47.8. The van der Waals surface area contributed by atoms with E-state index in [9.17, 15) is 19.0 Å². The number of nitrogens with zero attached hydrogens (tertiary/aromatic N) is 1. The molecule has 0 radical (unpaired) electrons. The van der Waals surface area contributed by atoms with Crippen molar-refractivity contribution in [3.63, 3.8) is 0 Å². The summed E-state index contributed by atoms with van der Waals surface area (Å²) in [5.41, 5.74) is 0. The van der Waals surface area contributed by atoms with Crippen LogP contribution < -0.4 is 0 Å². The molecular formula is C56H103NO8P+. The van der Waals surface area contributed by atoms with Gasteiger partial charge in [0, 0.05) is 12.8 Å². The van der Waals surface area contributed by atoms with Crippen molar-refractivity contribution in [2.75, 3.05) is 47.5 Å². The predicted octanol–water partition coefficient (Wildman–Crippen LogP) is 16.4. The Bertz CT molecular complexity index is 1300. The summed E-state index contributed by atoms with van der Waals surface area (Å²) in [4.78, 5) is 35.5. The van der Waals surface area contributed by atoms with Gasteiger partial charge in [0.1, 0.15) is 19.8 Å². The van der Waals surface area contributed by atoms with Crippen molar-refractivity contribution in [1.29, 1.82) is 0 Å². The molecule has 0 amide bonds. The van der Waals surface area contributed by atoms with E-state index in [-0.39, 0.29) is 25.6 Å². The van der Waals surface area contributed by atoms with Crippen molar-refractivity contribution >= 4 is 19.8 Å². The summed E-state index contributed by atoms with van der Waals surface area (Å²) in [6, 6.07) is 0. The van der Waals surface area contributed by atoms with Gasteiger partial charge in [-0.05, 0) is 57.8 Å². The maximum Gasteiger partial charge on any atom is 0.472 e. The monoisotopic (exact) mass is 949 g/mol. The van der Waals surface area contributed by atoms with E-state index in [2.05, 4.69) is 74.6 Å². The summed E-state index contributed by atoms with van der Waals surface area (Å²) >= 11 is 0. The zero-order chi connectivity index (χ0) is 48.5. The number of rotatable bonds is 49. The lowest BCUT2D eigenvalue weighted by Crippen LogP contribution is -2.37. The highest BCUT2D eigenvalue weighted by atomic mass is 31.2. The minimum atomic E-state index is -4.38. The van der Waals surface area contributed by atoms with E-state index in [0.29, 0.717) is 23.9 Å². The molecule has 0 rings (SSSR count). The fourth-order valence-corrected chi connectivity index (χ4v) is 8.14. The zero-order valence-corrected chi connectivity index (χ0v) is 44.3. The van der Waals surface area contributed by atoms with Gasteiger partial charge in [0.25, 0.3) is 0 Å². The second-order valence-electron chi connectivity index (χ2n) is 19.2. The van der Waals surface area contributed by atoms with Gasteiger partial charge in [-0.25, -0.2) is 4.57 Å². The Morgan fingerprint density at radius 3 is 1.29 bits per heavy atom. The van der Waals surface area contributed by atoms with Gasteiger partial charge in [0.15, 0.2) is 6.10 Å². The van der Waals surface area contributed by atoms with E-state index >= 15 is 0 Å². The molecule has 0 aliphatic carbocycles. The van der Waals surface area contributed by atoms with E-state index < -0.39 is 26.5 Å². The van der Waals surface area contributed by atoms with Crippen LogP contribution in [0.5, 0.6) is 0 Å². The highest BCUT2D eigenvalue weighted by molar-refractivity contribution is 7.47. The SMILES string of the molecule is CC/C=C\C/C=C\C/C=C\C/C=C\C/C=C\CCCCCCCCCCCCCCCC(=O)OC(COC(=O)CCCCCCCCCCCCCCC)COP(=O)(O)OCC[N+](C)(C)C. The summed E-state index contributed by atoms with van der Waals surface area (Å²) in [5.74, 6) is -0.793. The molecule has 66 heavy (non-hydrogen) atoms. The number of phosphoric ester groups is 1. The lowest BCUT2D eigenvalue weighted by molar-refractivity contribution is -0.870. The van der Waals surface area contributed by atoms with Crippen molar-refractivity contribution in [2.24, 2.45) is 0 Å². The average molecular weight is 949 g/mol. The molecular weight excluding hydrogens is 846 g/mol. The van der Waals surface area contributed by atoms with Gasteiger partial charge >= 0.3 is 19.8 Å². The molecule has 2 unspecified atom stereocenters. The molecule has 0 aliphatic rings. The number of hydrogen-bond acceptors (Lipinski definition) is 7. The molecule has 0 aliphatic heterocycles. The highest BCUT2D eigenvalue weighted by Crippen LogP contribution is 2.43. The van der Waals surface area contributed by atoms with E-state index in [1.807, 2.05) is 21.1 Å². The second-order valence-corrected chi connectivity index (χ2v) is 20.7. The molecule has 9 nitrogen and oxygen atoms in total. The Morgan fingerprint density at radius 2 is 0.864 bits per heavy atom. The van der Waals surface area contributed by atoms with Gasteiger partial charge in [-0.3, -0.25) is 18.6 Å². The number of likely N-dealkylation sites (N-methyl/N-ethyl adjacent to an activating group) is 1. The quantitative estimate of drug-likeness (QED) is 0.0211. The molecule has 10 heteroatoms. The summed E-state index contributed by atoms with van der Waals surface area (Å²) in [6.45, 7) is 4.33. The van der Waals surface area contributed by atoms with Crippen molar-refractivity contribution in [3.05, 3.63) is 60.8 Å². The van der Waals surface area contributed by atoms with E-state index in [4.69, 9.17) is 18.5 Å². The minimum absolute atomic E-state index is 0.0315. The standard InChI is InChI=1S/C56H102NO8P/c1-6-8-10-12-14-16-18-20-21-22-23-24-25-26-27-28-29-30-31-32-33-34-35-37-39-41-43-45-47-49-56(59)65-54(53-64-66(60,61)63-51-50-57(3,4)5)52-62-55(58)48-46-44-42-40-38-36-19-17-15-13-11-9-7-2/h8,10,14,16,20-21,23-24,26-27,54H,6-7,9,11-13,15,17-19,22,25,28-53H2,1-5H3/p+1/b10-8-,16-14-,21-20-,24-23-,27-26-. The fourth-order valence-electron chi connectivity index (χ4n) is 7.40. The summed E-state index contributed by atoms with van der Waals surface area (Å²) in [5, 5.41) is 0. The van der Waals surface area contributed by atoms with Crippen LogP contribution in [-0.2, 0) is 32.7 Å². The third-order valence-corrected chi connectivity index (χ3v) is 12.5. The fraction of sp³-hybridized carbons (Fsp3) is 0.786. The van der Waals surface area contributed by atoms with Crippen molar-refractivity contribution < 1.29 is 42.1 Å². The average Bonchev–Trinajstić information content (AvgIpc) is 3.27. The number of carbonyl (C=O) groups is 2. The van der Waals surface area contributed by atoms with Crippen LogP contribution in [0, 0.1) is 0 Å². The summed E-state index contributed by atoms with van der Waals surface area (Å²) in [7, 11) is 1.48. The number of ether oxygens (including phenoxy) is 2. The van der Waals surface area contributed by atoms with Crippen LogP contribution in [-0.4, -0.2) is 74.9 Å². The molecule has 0 aromatic heterocycles. The van der Waals surface area contributed by atoms with Crippen molar-refractivity contribution in [3.8, 4) is 0 Å². The number of unbranched alkanes of at least 4 members (excludes halogenated alkanes) is 25. The maximum atomic E-state index is 12.8. The number of esters is 2. The van der Waals surface area contributed by atoms with Crippen LogP contribution in [0.25, 0.3) is 0 Å². The van der Waals surface area contributed by atoms with Crippen LogP contribution in [0.15, 0.2) is 60.8 Å². The molecule has 0 fully saturated rings. The smallest absolute Gasteiger partial charge is 0.462 e. The van der Waals surface area contributed by atoms with Crippen LogP contribution in [0.3, 0.4) is 0 Å². The van der Waals surface area contributed by atoms with Crippen LogP contribution in [0.4, 0.5) is 0 Å². The summed E-state index contributed by atoms with van der Waals surface area (Å²) in [6.07, 6.45) is 59.9. The largest absolute Gasteiger partial charge is 0.472 e. The number of quaternary nitrogens is 1. The van der Waals surface area contributed by atoms with E-state index in [1.165, 1.54) is 128 Å². The first kappa shape index (κ1) is 63.7. The Labute approximate surface area is 406 Å². The van der Waals surface area contributed by atoms with Gasteiger partial charge < -0.3 is 18.9 Å². The van der Waals surface area contributed by atoms with Crippen molar-refractivity contribution in [2.45, 2.75) is 238 Å². The van der Waals surface area contributed by atoms with E-state index in [1.54, 1.807) is 0 Å². The summed E-state index contributed by atoms with van der Waals surface area (Å²) < 4.78 is 34.5. The normalized spacial score (nSPS) is 13.8. The Balaban J connectivity index is 4.12. The first-order valence-electron chi connectivity index (χ1n) is 27.0. The number of phosphoric acid groups is 1. The van der Waals surface area contributed by atoms with Crippen LogP contribution in [0.1, 0.15) is 232 Å². The minimum Gasteiger partial charge on any atom is -0.462 e. The first-order valence-corrected chi connectivity index (χ1v) is 28.5. The zero-order valence-electron chi connectivity index (χ0n) is 43.4. The number of allylic oxidation sites excluding steroid dienone is 10. The van der Waals surface area contributed by atoms with E-state index in [0.717, 1.165) is 70.6 Å². The molecule has 1 N–H and O–H groups in total. The Hall–Kier alpha value is -2.29. The third-order valence-electron chi connectivity index (χ3n) is 11.6. The molecule has 0 bridgehead atoms. The maximum absolute atomic E-state index is 12.8. The molecule has 0 aromatic carbocycles. The predicted molar refractivity (Wildman–Crippen MR) is 279 cm³/mol. The number of hydrogen-bond donors (Lipinski definition) is 1. The third kappa shape index (κ3) is 51.1. The van der Waals surface area contributed by atoms with Gasteiger partial charge in [0.2, 0.25) is 0 Å². The lowest BCUT2D eigenvalue weighted by Gasteiger charge is -2.24. The van der Waals surface area contributed by atoms with Gasteiger partial charge in [-0.1, -0.05) is 222 Å². The molecule has 0 heterocycles. The Kier molecular flexibility index (Phi) is 46.1. The van der Waals surface area contributed by atoms with Crippen LogP contribution >= 0.6 is 7.82 Å². The highest BCUT2D eigenvalue weighted by Gasteiger charge is 2.27. The number of carbonyl (C=O) groups excluding carboxylic acids is 2. The topological polar surface area (TPSA) is 108 Å². The Morgan fingerprint density at radius 1 is 0.485 bits per heavy atom. The molecule has 0 spiro atoms. The van der Waals surface area contributed by atoms with Gasteiger partial charge in [0.05, 0.1) is 27.7 Å². The molecule has 0 aromatic rings. The van der Waals surface area contributed by atoms with Crippen molar-refractivity contribution in [1.82, 2.24) is 0 Å². The lowest BCUT2D eigenvalue weighted by atomic mass is 10.0. The van der Waals surface area contributed by atoms with Gasteiger partial charge in [-0.15, -0.1) is 0 Å². The van der Waals surface area contributed by atoms with Gasteiger partial charge in [-0.2, -0.15) is 0 Å².